The number of hydrogen-bond acceptors (Lipinski definition) is 7. The summed E-state index contributed by atoms with van der Waals surface area (Å²) in [5, 5.41) is 0.991. The molecule has 0 saturated heterocycles. The van der Waals surface area contributed by atoms with Gasteiger partial charge in [0, 0.05) is 41.6 Å². The molecule has 0 radical (unpaired) electrons. The second-order valence-corrected chi connectivity index (χ2v) is 17.7. The van der Waals surface area contributed by atoms with E-state index in [0.29, 0.717) is 33.7 Å². The van der Waals surface area contributed by atoms with E-state index in [1.54, 1.807) is 37.7 Å². The van der Waals surface area contributed by atoms with Crippen molar-refractivity contribution in [2.45, 2.75) is 64.3 Å². The Balaban J connectivity index is 1.72. The van der Waals surface area contributed by atoms with Gasteiger partial charge >= 0.3 is 5.97 Å². The Morgan fingerprint density at radius 2 is 1.64 bits per heavy atom. The van der Waals surface area contributed by atoms with Gasteiger partial charge in [-0.2, -0.15) is 0 Å². The highest BCUT2D eigenvalue weighted by Crippen LogP contribution is 2.37. The van der Waals surface area contributed by atoms with Gasteiger partial charge in [-0.15, -0.1) is 11.3 Å². The lowest BCUT2D eigenvalue weighted by Gasteiger charge is -2.36. The zero-order chi connectivity index (χ0) is 28.8. The van der Waals surface area contributed by atoms with Crippen molar-refractivity contribution >= 4 is 48.8 Å². The van der Waals surface area contributed by atoms with E-state index < -0.39 is 14.4 Å². The number of halogens is 2. The molecular formula is C29H37Cl2NO5SSi. The van der Waals surface area contributed by atoms with E-state index in [9.17, 15) is 4.79 Å². The zero-order valence-electron chi connectivity index (χ0n) is 23.6. The summed E-state index contributed by atoms with van der Waals surface area (Å²) in [6.07, 6.45) is 3.67. The Morgan fingerprint density at radius 1 is 1.00 bits per heavy atom. The molecule has 0 spiro atoms. The first-order valence-electron chi connectivity index (χ1n) is 12.8. The molecule has 6 nitrogen and oxygen atoms in total. The van der Waals surface area contributed by atoms with Gasteiger partial charge in [-0.25, -0.2) is 0 Å². The standard InChI is InChI=1S/C29H37Cl2NO5SSi/c1-29(2,3)39(6,7)36-13-12-20-9-10-21(38-20)15-28(33)37-26(16-22-23(30)17-32-18-24(22)31)19-8-11-25(34-4)27(14-19)35-5/h8-11,14,17-18,26H,12-13,15-16H2,1-7H3/t26-/m0/s1. The van der Waals surface area contributed by atoms with Gasteiger partial charge in [-0.3, -0.25) is 9.78 Å². The van der Waals surface area contributed by atoms with E-state index >= 15 is 0 Å². The maximum absolute atomic E-state index is 13.1. The van der Waals surface area contributed by atoms with Gasteiger partial charge in [0.05, 0.1) is 30.7 Å². The van der Waals surface area contributed by atoms with Crippen LogP contribution in [-0.2, 0) is 33.2 Å². The first kappa shape index (κ1) is 31.4. The minimum absolute atomic E-state index is 0.162. The predicted molar refractivity (Wildman–Crippen MR) is 161 cm³/mol. The van der Waals surface area contributed by atoms with Gasteiger partial charge < -0.3 is 18.6 Å². The van der Waals surface area contributed by atoms with Crippen LogP contribution in [-0.4, -0.2) is 40.1 Å². The minimum atomic E-state index is -1.79. The molecule has 0 unspecified atom stereocenters. The molecule has 10 heteroatoms. The molecular weight excluding hydrogens is 573 g/mol. The number of ether oxygens (including phenoxy) is 3. The first-order chi connectivity index (χ1) is 18.3. The molecule has 39 heavy (non-hydrogen) atoms. The van der Waals surface area contributed by atoms with Gasteiger partial charge in [0.15, 0.2) is 19.8 Å². The Labute approximate surface area is 246 Å². The number of nitrogens with zero attached hydrogens (tertiary/aromatic N) is 1. The largest absolute Gasteiger partial charge is 0.493 e. The molecule has 1 aromatic carbocycles. The average Bonchev–Trinajstić information content (AvgIpc) is 3.31. The van der Waals surface area contributed by atoms with Crippen molar-refractivity contribution in [1.29, 1.82) is 0 Å². The minimum Gasteiger partial charge on any atom is -0.493 e. The summed E-state index contributed by atoms with van der Waals surface area (Å²) in [7, 11) is 1.34. The lowest BCUT2D eigenvalue weighted by Crippen LogP contribution is -2.41. The summed E-state index contributed by atoms with van der Waals surface area (Å²) in [6, 6.07) is 9.46. The van der Waals surface area contributed by atoms with Crippen molar-refractivity contribution in [2.75, 3.05) is 20.8 Å². The third-order valence-electron chi connectivity index (χ3n) is 7.05. The van der Waals surface area contributed by atoms with Crippen molar-refractivity contribution < 1.29 is 23.4 Å². The SMILES string of the molecule is COc1ccc([C@H](Cc2c(Cl)cncc2Cl)OC(=O)Cc2ccc(CCO[Si](C)(C)C(C)(C)C)s2)cc1OC. The first-order valence-corrected chi connectivity index (χ1v) is 17.2. The summed E-state index contributed by atoms with van der Waals surface area (Å²) < 4.78 is 23.2. The zero-order valence-corrected chi connectivity index (χ0v) is 26.9. The highest BCUT2D eigenvalue weighted by atomic mass is 35.5. The second kappa shape index (κ2) is 13.5. The van der Waals surface area contributed by atoms with Crippen LogP contribution in [0.15, 0.2) is 42.7 Å². The van der Waals surface area contributed by atoms with Crippen LogP contribution in [0.25, 0.3) is 0 Å². The van der Waals surface area contributed by atoms with E-state index in [2.05, 4.69) is 44.9 Å². The number of hydrogen-bond donors (Lipinski definition) is 0. The molecule has 3 rings (SSSR count). The van der Waals surface area contributed by atoms with Gasteiger partial charge in [0.25, 0.3) is 0 Å². The predicted octanol–water partition coefficient (Wildman–Crippen LogP) is 8.10. The number of rotatable bonds is 12. The van der Waals surface area contributed by atoms with E-state index in [-0.39, 0.29) is 23.8 Å². The van der Waals surface area contributed by atoms with Crippen LogP contribution in [0.3, 0.4) is 0 Å². The van der Waals surface area contributed by atoms with Crippen LogP contribution >= 0.6 is 34.5 Å². The maximum Gasteiger partial charge on any atom is 0.311 e. The molecule has 2 heterocycles. The van der Waals surface area contributed by atoms with E-state index in [1.165, 1.54) is 17.3 Å². The van der Waals surface area contributed by atoms with Crippen molar-refractivity contribution in [2.24, 2.45) is 0 Å². The van der Waals surface area contributed by atoms with Crippen molar-refractivity contribution in [3.05, 3.63) is 73.7 Å². The molecule has 3 aromatic rings. The lowest BCUT2D eigenvalue weighted by molar-refractivity contribution is -0.148. The molecule has 0 N–H and O–H groups in total. The quantitative estimate of drug-likeness (QED) is 0.153. The van der Waals surface area contributed by atoms with E-state index in [1.807, 2.05) is 12.1 Å². The fourth-order valence-corrected chi connectivity index (χ4v) is 6.27. The molecule has 0 aliphatic heterocycles. The Morgan fingerprint density at radius 3 is 2.26 bits per heavy atom. The Bertz CT molecular complexity index is 1250. The summed E-state index contributed by atoms with van der Waals surface area (Å²) in [5.74, 6) is 0.766. The smallest absolute Gasteiger partial charge is 0.311 e. The van der Waals surface area contributed by atoms with Crippen molar-refractivity contribution in [3.63, 3.8) is 0 Å². The fraction of sp³-hybridized carbons (Fsp3) is 0.448. The molecule has 0 fully saturated rings. The fourth-order valence-electron chi connectivity index (χ4n) is 3.72. The summed E-state index contributed by atoms with van der Waals surface area (Å²) >= 11 is 14.4. The molecule has 0 bridgehead atoms. The van der Waals surface area contributed by atoms with Crippen LogP contribution in [0.1, 0.15) is 47.8 Å². The van der Waals surface area contributed by atoms with Crippen LogP contribution in [0.5, 0.6) is 11.5 Å². The highest BCUT2D eigenvalue weighted by Gasteiger charge is 2.36. The number of thiophene rings is 1. The number of pyridine rings is 1. The lowest BCUT2D eigenvalue weighted by atomic mass is 10.0. The van der Waals surface area contributed by atoms with Gasteiger partial charge in [0.1, 0.15) is 6.10 Å². The molecule has 0 saturated carbocycles. The third kappa shape index (κ3) is 8.44. The normalized spacial score (nSPS) is 12.7. The molecule has 2 aromatic heterocycles. The Kier molecular flexibility index (Phi) is 10.9. The second-order valence-electron chi connectivity index (χ2n) is 10.8. The average molecular weight is 611 g/mol. The van der Waals surface area contributed by atoms with E-state index in [4.69, 9.17) is 41.8 Å². The van der Waals surface area contributed by atoms with Gasteiger partial charge in [0.2, 0.25) is 0 Å². The molecule has 1 atom stereocenters. The third-order valence-corrected chi connectivity index (χ3v) is 13.4. The van der Waals surface area contributed by atoms with Crippen LogP contribution in [0, 0.1) is 0 Å². The maximum atomic E-state index is 13.1. The molecule has 0 amide bonds. The van der Waals surface area contributed by atoms with Gasteiger partial charge in [-0.1, -0.05) is 50.0 Å². The highest BCUT2D eigenvalue weighted by molar-refractivity contribution is 7.12. The van der Waals surface area contributed by atoms with Crippen molar-refractivity contribution in [1.82, 2.24) is 4.98 Å². The van der Waals surface area contributed by atoms with Crippen LogP contribution in [0.4, 0.5) is 0 Å². The summed E-state index contributed by atoms with van der Waals surface area (Å²) in [4.78, 5) is 19.3. The number of methoxy groups -OCH3 is 2. The Hall–Kier alpha value is -2.10. The number of esters is 1. The van der Waals surface area contributed by atoms with Crippen LogP contribution in [0.2, 0.25) is 28.2 Å². The van der Waals surface area contributed by atoms with Crippen molar-refractivity contribution in [3.8, 4) is 11.5 Å². The topological polar surface area (TPSA) is 66.9 Å². The number of aromatic nitrogens is 1. The summed E-state index contributed by atoms with van der Waals surface area (Å²) in [5.41, 5.74) is 1.39. The number of carbonyl (C=O) groups is 1. The molecule has 212 valence electrons. The van der Waals surface area contributed by atoms with E-state index in [0.717, 1.165) is 16.9 Å². The van der Waals surface area contributed by atoms with Gasteiger partial charge in [-0.05, 0) is 53.5 Å². The monoisotopic (exact) mass is 609 g/mol. The van der Waals surface area contributed by atoms with Crippen LogP contribution < -0.4 is 9.47 Å². The number of benzene rings is 1. The summed E-state index contributed by atoms with van der Waals surface area (Å²) in [6.45, 7) is 11.9. The molecule has 0 aliphatic rings. The molecule has 0 aliphatic carbocycles. The number of carbonyl (C=O) groups excluding carboxylic acids is 1.